The molecule has 4 heteroatoms. The van der Waals surface area contributed by atoms with Gasteiger partial charge in [0.2, 0.25) is 0 Å². The minimum atomic E-state index is 0.194. The van der Waals surface area contributed by atoms with Crippen LogP contribution in [0, 0.1) is 11.8 Å². The van der Waals surface area contributed by atoms with Crippen molar-refractivity contribution in [1.82, 2.24) is 4.90 Å². The van der Waals surface area contributed by atoms with Crippen molar-refractivity contribution in [3.63, 3.8) is 0 Å². The van der Waals surface area contributed by atoms with Crippen LogP contribution in [0.5, 0.6) is 0 Å². The lowest BCUT2D eigenvalue weighted by Gasteiger charge is -2.34. The minimum Gasteiger partial charge on any atom is -0.383 e. The predicted molar refractivity (Wildman–Crippen MR) is 76.3 cm³/mol. The van der Waals surface area contributed by atoms with E-state index in [1.54, 1.807) is 14.2 Å². The van der Waals surface area contributed by atoms with Gasteiger partial charge in [0, 0.05) is 45.7 Å². The standard InChI is InChI=1S/C15H29NO3/c1-12-5-6-15(17)14(9-12)10-16(7-8-18-3)13(2)11-19-4/h12-14H,5-11H2,1-4H3. The lowest BCUT2D eigenvalue weighted by atomic mass is 9.81. The van der Waals surface area contributed by atoms with E-state index in [4.69, 9.17) is 9.47 Å². The number of Topliss-reactive ketones (excluding diaryl/α,β-unsaturated/α-hetero) is 1. The SMILES string of the molecule is COCCN(CC1CC(C)CCC1=O)C(C)COC. The zero-order valence-electron chi connectivity index (χ0n) is 12.9. The summed E-state index contributed by atoms with van der Waals surface area (Å²) in [7, 11) is 3.44. The first-order valence-corrected chi connectivity index (χ1v) is 7.33. The molecule has 0 aromatic heterocycles. The first kappa shape index (κ1) is 16.6. The lowest BCUT2D eigenvalue weighted by Crippen LogP contribution is -2.44. The van der Waals surface area contributed by atoms with Gasteiger partial charge in [-0.15, -0.1) is 0 Å². The van der Waals surface area contributed by atoms with Crippen LogP contribution >= 0.6 is 0 Å². The number of nitrogens with zero attached hydrogens (tertiary/aromatic N) is 1. The van der Waals surface area contributed by atoms with Crippen LogP contribution < -0.4 is 0 Å². The Morgan fingerprint density at radius 2 is 2.11 bits per heavy atom. The second-order valence-electron chi connectivity index (χ2n) is 5.83. The smallest absolute Gasteiger partial charge is 0.137 e. The van der Waals surface area contributed by atoms with E-state index in [1.807, 2.05) is 0 Å². The van der Waals surface area contributed by atoms with E-state index < -0.39 is 0 Å². The van der Waals surface area contributed by atoms with E-state index in [0.717, 1.165) is 32.4 Å². The molecule has 3 unspecified atom stereocenters. The van der Waals surface area contributed by atoms with E-state index >= 15 is 0 Å². The molecule has 1 rings (SSSR count). The second kappa shape index (κ2) is 8.67. The predicted octanol–water partition coefficient (Wildman–Crippen LogP) is 1.97. The van der Waals surface area contributed by atoms with Gasteiger partial charge in [0.15, 0.2) is 0 Å². The second-order valence-corrected chi connectivity index (χ2v) is 5.83. The van der Waals surface area contributed by atoms with Crippen LogP contribution in [0.4, 0.5) is 0 Å². The van der Waals surface area contributed by atoms with Crippen molar-refractivity contribution in [2.75, 3.05) is 40.5 Å². The van der Waals surface area contributed by atoms with Crippen LogP contribution in [0.25, 0.3) is 0 Å². The fourth-order valence-electron chi connectivity index (χ4n) is 2.83. The molecule has 0 N–H and O–H groups in total. The third-order valence-corrected chi connectivity index (χ3v) is 4.09. The molecule has 19 heavy (non-hydrogen) atoms. The molecule has 0 aromatic carbocycles. The van der Waals surface area contributed by atoms with Crippen LogP contribution in [0.1, 0.15) is 33.1 Å². The topological polar surface area (TPSA) is 38.8 Å². The summed E-state index contributed by atoms with van der Waals surface area (Å²) in [6.07, 6.45) is 2.84. The number of carbonyl (C=O) groups excluding carboxylic acids is 1. The first-order valence-electron chi connectivity index (χ1n) is 7.33. The van der Waals surface area contributed by atoms with Gasteiger partial charge in [0.1, 0.15) is 5.78 Å². The average Bonchev–Trinajstić information content (AvgIpc) is 2.38. The van der Waals surface area contributed by atoms with E-state index in [-0.39, 0.29) is 5.92 Å². The molecule has 0 spiro atoms. The highest BCUT2D eigenvalue weighted by Gasteiger charge is 2.29. The molecule has 0 amide bonds. The van der Waals surface area contributed by atoms with Gasteiger partial charge in [-0.3, -0.25) is 9.69 Å². The fourth-order valence-corrected chi connectivity index (χ4v) is 2.83. The fraction of sp³-hybridized carbons (Fsp3) is 0.933. The summed E-state index contributed by atoms with van der Waals surface area (Å²) in [5.74, 6) is 1.30. The zero-order chi connectivity index (χ0) is 14.3. The normalized spacial score (nSPS) is 25.8. The van der Waals surface area contributed by atoms with Crippen LogP contribution in [0.2, 0.25) is 0 Å². The Morgan fingerprint density at radius 3 is 2.74 bits per heavy atom. The highest BCUT2D eigenvalue weighted by Crippen LogP contribution is 2.27. The Hall–Kier alpha value is -0.450. The maximum atomic E-state index is 12.0. The largest absolute Gasteiger partial charge is 0.383 e. The highest BCUT2D eigenvalue weighted by atomic mass is 16.5. The quantitative estimate of drug-likeness (QED) is 0.676. The maximum absolute atomic E-state index is 12.0. The molecule has 0 aliphatic heterocycles. The van der Waals surface area contributed by atoms with Crippen molar-refractivity contribution in [2.45, 2.75) is 39.2 Å². The number of ketones is 1. The van der Waals surface area contributed by atoms with Crippen molar-refractivity contribution in [3.8, 4) is 0 Å². The van der Waals surface area contributed by atoms with E-state index in [0.29, 0.717) is 31.0 Å². The summed E-state index contributed by atoms with van der Waals surface area (Å²) in [5, 5.41) is 0. The van der Waals surface area contributed by atoms with Gasteiger partial charge in [-0.25, -0.2) is 0 Å². The molecule has 4 nitrogen and oxygen atoms in total. The summed E-state index contributed by atoms with van der Waals surface area (Å²) in [4.78, 5) is 14.4. The molecule has 0 aromatic rings. The molecule has 0 heterocycles. The van der Waals surface area contributed by atoms with Gasteiger partial charge in [-0.1, -0.05) is 6.92 Å². The summed E-state index contributed by atoms with van der Waals surface area (Å²) >= 11 is 0. The Kier molecular flexibility index (Phi) is 7.57. The Labute approximate surface area is 117 Å². The number of carbonyl (C=O) groups is 1. The van der Waals surface area contributed by atoms with Crippen molar-refractivity contribution in [2.24, 2.45) is 11.8 Å². The minimum absolute atomic E-state index is 0.194. The van der Waals surface area contributed by atoms with Crippen molar-refractivity contribution in [1.29, 1.82) is 0 Å². The van der Waals surface area contributed by atoms with Gasteiger partial charge in [-0.05, 0) is 25.7 Å². The summed E-state index contributed by atoms with van der Waals surface area (Å²) < 4.78 is 10.4. The zero-order valence-corrected chi connectivity index (χ0v) is 12.9. The van der Waals surface area contributed by atoms with E-state index in [9.17, 15) is 4.79 Å². The van der Waals surface area contributed by atoms with Gasteiger partial charge < -0.3 is 9.47 Å². The Balaban J connectivity index is 2.56. The van der Waals surface area contributed by atoms with Crippen LogP contribution in [-0.2, 0) is 14.3 Å². The molecule has 1 aliphatic carbocycles. The van der Waals surface area contributed by atoms with Gasteiger partial charge >= 0.3 is 0 Å². The average molecular weight is 271 g/mol. The molecular weight excluding hydrogens is 242 g/mol. The van der Waals surface area contributed by atoms with E-state index in [1.165, 1.54) is 0 Å². The van der Waals surface area contributed by atoms with Crippen molar-refractivity contribution in [3.05, 3.63) is 0 Å². The summed E-state index contributed by atoms with van der Waals surface area (Å²) in [6.45, 7) is 7.49. The molecule has 1 saturated carbocycles. The molecular formula is C15H29NO3. The highest BCUT2D eigenvalue weighted by molar-refractivity contribution is 5.81. The monoisotopic (exact) mass is 271 g/mol. The molecule has 112 valence electrons. The third kappa shape index (κ3) is 5.59. The van der Waals surface area contributed by atoms with Crippen molar-refractivity contribution < 1.29 is 14.3 Å². The summed E-state index contributed by atoms with van der Waals surface area (Å²) in [6, 6.07) is 0.324. The molecule has 1 aliphatic rings. The van der Waals surface area contributed by atoms with Crippen LogP contribution in [-0.4, -0.2) is 57.2 Å². The molecule has 1 fully saturated rings. The number of ether oxygens (including phenoxy) is 2. The molecule has 3 atom stereocenters. The third-order valence-electron chi connectivity index (χ3n) is 4.09. The van der Waals surface area contributed by atoms with Gasteiger partial charge in [0.25, 0.3) is 0 Å². The number of rotatable bonds is 8. The number of methoxy groups -OCH3 is 2. The first-order chi connectivity index (χ1) is 9.08. The molecule has 0 saturated heterocycles. The summed E-state index contributed by atoms with van der Waals surface area (Å²) in [5.41, 5.74) is 0. The number of hydrogen-bond donors (Lipinski definition) is 0. The lowest BCUT2D eigenvalue weighted by molar-refractivity contribution is -0.126. The van der Waals surface area contributed by atoms with Crippen LogP contribution in [0.15, 0.2) is 0 Å². The van der Waals surface area contributed by atoms with Gasteiger partial charge in [-0.2, -0.15) is 0 Å². The van der Waals surface area contributed by atoms with Crippen molar-refractivity contribution >= 4 is 5.78 Å². The van der Waals surface area contributed by atoms with E-state index in [2.05, 4.69) is 18.7 Å². The maximum Gasteiger partial charge on any atom is 0.137 e. The van der Waals surface area contributed by atoms with Gasteiger partial charge in [0.05, 0.1) is 13.2 Å². The molecule has 0 bridgehead atoms. The Morgan fingerprint density at radius 1 is 1.37 bits per heavy atom. The van der Waals surface area contributed by atoms with Crippen LogP contribution in [0.3, 0.4) is 0 Å². The molecule has 0 radical (unpaired) electrons. The Bertz CT molecular complexity index is 270. The number of hydrogen-bond acceptors (Lipinski definition) is 4.